The van der Waals surface area contributed by atoms with Crippen LogP contribution < -0.4 is 4.74 Å². The van der Waals surface area contributed by atoms with E-state index in [1.807, 2.05) is 0 Å². The molecule has 0 spiro atoms. The number of methoxy groups -OCH3 is 1. The third kappa shape index (κ3) is 5.58. The van der Waals surface area contributed by atoms with E-state index in [9.17, 15) is 14.4 Å². The lowest BCUT2D eigenvalue weighted by Gasteiger charge is -2.08. The molecule has 1 rings (SSSR count). The van der Waals surface area contributed by atoms with Crippen LogP contribution in [0.4, 0.5) is 0 Å². The molecule has 0 heterocycles. The molecule has 0 aliphatic rings. The molecule has 0 radical (unpaired) electrons. The van der Waals surface area contributed by atoms with Crippen LogP contribution in [0.2, 0.25) is 0 Å². The summed E-state index contributed by atoms with van der Waals surface area (Å²) in [6, 6.07) is 6.90. The molecule has 0 atom stereocenters. The Morgan fingerprint density at radius 2 is 1.70 bits per heavy atom. The van der Waals surface area contributed by atoms with Crippen molar-refractivity contribution in [3.05, 3.63) is 35.4 Å². The van der Waals surface area contributed by atoms with Crippen LogP contribution in [0.3, 0.4) is 0 Å². The molecule has 0 aliphatic carbocycles. The van der Waals surface area contributed by atoms with Crippen molar-refractivity contribution < 1.29 is 28.6 Å². The maximum absolute atomic E-state index is 12.2. The van der Waals surface area contributed by atoms with Crippen LogP contribution in [0.1, 0.15) is 25.8 Å². The zero-order chi connectivity index (χ0) is 17.2. The Balaban J connectivity index is 3.14. The lowest BCUT2D eigenvalue weighted by atomic mass is 10.0. The van der Waals surface area contributed by atoms with E-state index in [1.54, 1.807) is 38.1 Å². The Kier molecular flexibility index (Phi) is 7.53. The van der Waals surface area contributed by atoms with E-state index in [2.05, 4.69) is 0 Å². The van der Waals surface area contributed by atoms with Crippen LogP contribution in [0.25, 0.3) is 6.08 Å². The van der Waals surface area contributed by atoms with Gasteiger partial charge in [0.05, 0.1) is 20.3 Å². The van der Waals surface area contributed by atoms with Crippen molar-refractivity contribution >= 4 is 23.8 Å². The first-order valence-electron chi connectivity index (χ1n) is 7.24. The minimum absolute atomic E-state index is 0.120. The molecule has 0 bridgehead atoms. The number of ketones is 1. The van der Waals surface area contributed by atoms with E-state index in [-0.39, 0.29) is 18.8 Å². The summed E-state index contributed by atoms with van der Waals surface area (Å²) >= 11 is 0. The molecule has 23 heavy (non-hydrogen) atoms. The van der Waals surface area contributed by atoms with Crippen molar-refractivity contribution in [3.63, 3.8) is 0 Å². The number of ether oxygens (including phenoxy) is 3. The van der Waals surface area contributed by atoms with Crippen molar-refractivity contribution in [3.8, 4) is 5.75 Å². The van der Waals surface area contributed by atoms with Gasteiger partial charge in [-0.25, -0.2) is 4.79 Å². The molecule has 0 unspecified atom stereocenters. The molecule has 1 aromatic rings. The van der Waals surface area contributed by atoms with E-state index in [0.717, 1.165) is 0 Å². The third-order valence-corrected chi connectivity index (χ3v) is 2.84. The molecule has 0 saturated heterocycles. The Hall–Kier alpha value is -2.63. The van der Waals surface area contributed by atoms with E-state index in [1.165, 1.54) is 13.2 Å². The van der Waals surface area contributed by atoms with Crippen LogP contribution in [0, 0.1) is 0 Å². The molecule has 0 N–H and O–H groups in total. The lowest BCUT2D eigenvalue weighted by Crippen LogP contribution is -2.19. The molecule has 0 aromatic heterocycles. The number of hydrogen-bond donors (Lipinski definition) is 0. The van der Waals surface area contributed by atoms with Gasteiger partial charge in [-0.2, -0.15) is 0 Å². The fourth-order valence-electron chi connectivity index (χ4n) is 1.84. The zero-order valence-corrected chi connectivity index (χ0v) is 13.5. The molecule has 0 aliphatic heterocycles. The van der Waals surface area contributed by atoms with Crippen LogP contribution in [0.15, 0.2) is 29.8 Å². The first-order valence-corrected chi connectivity index (χ1v) is 7.24. The first kappa shape index (κ1) is 18.4. The average molecular weight is 320 g/mol. The first-order chi connectivity index (χ1) is 11.0. The van der Waals surface area contributed by atoms with Crippen LogP contribution in [-0.2, 0) is 23.9 Å². The zero-order valence-electron chi connectivity index (χ0n) is 13.5. The highest BCUT2D eigenvalue weighted by atomic mass is 16.5. The van der Waals surface area contributed by atoms with Crippen molar-refractivity contribution in [2.75, 3.05) is 20.3 Å². The molecule has 6 nitrogen and oxygen atoms in total. The number of para-hydroxylation sites is 1. The Morgan fingerprint density at radius 1 is 1.04 bits per heavy atom. The van der Waals surface area contributed by atoms with E-state index in [0.29, 0.717) is 11.3 Å². The molecule has 6 heteroatoms. The monoisotopic (exact) mass is 320 g/mol. The minimum Gasteiger partial charge on any atom is -0.496 e. The summed E-state index contributed by atoms with van der Waals surface area (Å²) in [5.41, 5.74) is 0.319. The van der Waals surface area contributed by atoms with E-state index < -0.39 is 24.1 Å². The van der Waals surface area contributed by atoms with Crippen molar-refractivity contribution in [2.24, 2.45) is 0 Å². The minimum atomic E-state index is -0.785. The normalized spacial score (nSPS) is 10.8. The predicted molar refractivity (Wildman–Crippen MR) is 83.9 cm³/mol. The molecule has 1 aromatic carbocycles. The van der Waals surface area contributed by atoms with E-state index in [4.69, 9.17) is 14.2 Å². The highest BCUT2D eigenvalue weighted by Crippen LogP contribution is 2.21. The van der Waals surface area contributed by atoms with Crippen LogP contribution in [0.5, 0.6) is 5.75 Å². The fourth-order valence-corrected chi connectivity index (χ4v) is 1.84. The predicted octanol–water partition coefficient (Wildman–Crippen LogP) is 2.16. The quantitative estimate of drug-likeness (QED) is 0.316. The van der Waals surface area contributed by atoms with Crippen molar-refractivity contribution in [2.45, 2.75) is 20.3 Å². The molecular formula is C17H20O6. The SMILES string of the molecule is CCOC(=O)CC(=O)/C(=C/c1ccccc1OC)C(=O)OCC. The van der Waals surface area contributed by atoms with Crippen LogP contribution in [-0.4, -0.2) is 38.0 Å². The maximum atomic E-state index is 12.2. The number of hydrogen-bond acceptors (Lipinski definition) is 6. The summed E-state index contributed by atoms with van der Waals surface area (Å²) in [6.45, 7) is 3.56. The average Bonchev–Trinajstić information content (AvgIpc) is 2.53. The Labute approximate surface area is 135 Å². The number of Topliss-reactive ketones (excluding diaryl/α,β-unsaturated/α-hetero) is 1. The Bertz CT molecular complexity index is 603. The number of carbonyl (C=O) groups is 3. The third-order valence-electron chi connectivity index (χ3n) is 2.84. The van der Waals surface area contributed by atoms with Gasteiger partial charge >= 0.3 is 11.9 Å². The molecule has 0 saturated carbocycles. The van der Waals surface area contributed by atoms with Crippen LogP contribution >= 0.6 is 0 Å². The molecular weight excluding hydrogens is 300 g/mol. The molecule has 0 fully saturated rings. The van der Waals surface area contributed by atoms with Gasteiger partial charge in [0.1, 0.15) is 17.7 Å². The second-order valence-electron chi connectivity index (χ2n) is 4.43. The van der Waals surface area contributed by atoms with Gasteiger partial charge < -0.3 is 14.2 Å². The van der Waals surface area contributed by atoms with Gasteiger partial charge in [-0.1, -0.05) is 18.2 Å². The van der Waals surface area contributed by atoms with Gasteiger partial charge in [0.25, 0.3) is 0 Å². The van der Waals surface area contributed by atoms with Gasteiger partial charge in [-0.05, 0) is 26.0 Å². The number of benzene rings is 1. The highest BCUT2D eigenvalue weighted by molar-refractivity contribution is 6.24. The molecule has 124 valence electrons. The number of carbonyl (C=O) groups excluding carboxylic acids is 3. The smallest absolute Gasteiger partial charge is 0.341 e. The maximum Gasteiger partial charge on any atom is 0.341 e. The standard InChI is InChI=1S/C17H20O6/c1-4-22-16(19)11-14(18)13(17(20)23-5-2)10-12-8-6-7-9-15(12)21-3/h6-10H,4-5,11H2,1-3H3/b13-10-. The second kappa shape index (κ2) is 9.40. The Morgan fingerprint density at radius 3 is 2.30 bits per heavy atom. The van der Waals surface area contributed by atoms with Gasteiger partial charge in [0.2, 0.25) is 0 Å². The summed E-state index contributed by atoms with van der Waals surface area (Å²) in [5, 5.41) is 0. The second-order valence-corrected chi connectivity index (χ2v) is 4.43. The summed E-state index contributed by atoms with van der Waals surface area (Å²) in [5.74, 6) is -1.63. The van der Waals surface area contributed by atoms with Gasteiger partial charge in [0.15, 0.2) is 5.78 Å². The number of rotatable bonds is 8. The summed E-state index contributed by atoms with van der Waals surface area (Å²) in [7, 11) is 1.48. The largest absolute Gasteiger partial charge is 0.496 e. The van der Waals surface area contributed by atoms with Crippen molar-refractivity contribution in [1.82, 2.24) is 0 Å². The van der Waals surface area contributed by atoms with Gasteiger partial charge in [0, 0.05) is 5.56 Å². The van der Waals surface area contributed by atoms with Gasteiger partial charge in [-0.15, -0.1) is 0 Å². The number of esters is 2. The lowest BCUT2D eigenvalue weighted by molar-refractivity contribution is -0.145. The topological polar surface area (TPSA) is 78.9 Å². The molecule has 0 amide bonds. The van der Waals surface area contributed by atoms with Crippen molar-refractivity contribution in [1.29, 1.82) is 0 Å². The summed E-state index contributed by atoms with van der Waals surface area (Å²) < 4.78 is 14.8. The summed E-state index contributed by atoms with van der Waals surface area (Å²) in [4.78, 5) is 35.7. The highest BCUT2D eigenvalue weighted by Gasteiger charge is 2.23. The van der Waals surface area contributed by atoms with E-state index >= 15 is 0 Å². The fraction of sp³-hybridized carbons (Fsp3) is 0.353. The van der Waals surface area contributed by atoms with Gasteiger partial charge in [-0.3, -0.25) is 9.59 Å². The summed E-state index contributed by atoms with van der Waals surface area (Å²) in [6.07, 6.45) is 0.839.